The molecular formula is C5H11N3. The van der Waals surface area contributed by atoms with Crippen LogP contribution in [-0.2, 0) is 0 Å². The molecule has 0 spiro atoms. The Bertz CT molecular complexity index is 95.8. The van der Waals surface area contributed by atoms with Gasteiger partial charge in [-0.05, 0) is 6.92 Å². The smallest absolute Gasteiger partial charge is 0.0400 e. The van der Waals surface area contributed by atoms with Crippen LogP contribution in [0.25, 0.3) is 0 Å². The van der Waals surface area contributed by atoms with Gasteiger partial charge in [0.25, 0.3) is 0 Å². The fourth-order valence-electron chi connectivity index (χ4n) is 0.201. The summed E-state index contributed by atoms with van der Waals surface area (Å²) in [5, 5.41) is 3.69. The first-order valence-corrected chi connectivity index (χ1v) is 2.42. The topological polar surface area (TPSA) is 50.4 Å². The van der Waals surface area contributed by atoms with Gasteiger partial charge in [-0.15, -0.1) is 0 Å². The molecule has 0 unspecified atom stereocenters. The minimum atomic E-state index is 0.428. The van der Waals surface area contributed by atoms with E-state index >= 15 is 0 Å². The molecule has 0 aromatic rings. The third kappa shape index (κ3) is 3.36. The predicted octanol–water partition coefficient (Wildman–Crippen LogP) is 0.0541. The number of nitrogens with zero attached hydrogens (tertiary/aromatic N) is 1. The first-order chi connectivity index (χ1) is 3.81. The van der Waals surface area contributed by atoms with Crippen molar-refractivity contribution in [2.75, 3.05) is 6.54 Å². The lowest BCUT2D eigenvalue weighted by molar-refractivity contribution is 0.858. The zero-order valence-electron chi connectivity index (χ0n) is 5.02. The van der Waals surface area contributed by atoms with Gasteiger partial charge in [-0.2, -0.15) is 5.10 Å². The average molecular weight is 113 g/mol. The molecular weight excluding hydrogens is 102 g/mol. The van der Waals surface area contributed by atoms with Crippen LogP contribution in [0.3, 0.4) is 0 Å². The summed E-state index contributed by atoms with van der Waals surface area (Å²) in [6.07, 6.45) is 1.64. The molecule has 0 aromatic carbocycles. The van der Waals surface area contributed by atoms with Crippen LogP contribution in [-0.4, -0.2) is 12.8 Å². The summed E-state index contributed by atoms with van der Waals surface area (Å²) in [6.45, 7) is 5.81. The Kier molecular flexibility index (Phi) is 3.88. The van der Waals surface area contributed by atoms with Crippen molar-refractivity contribution in [2.24, 2.45) is 10.8 Å². The van der Waals surface area contributed by atoms with Gasteiger partial charge in [-0.3, -0.25) is 5.43 Å². The highest BCUT2D eigenvalue weighted by atomic mass is 15.3. The number of hydrogen-bond acceptors (Lipinski definition) is 3. The Morgan fingerprint density at radius 1 is 2.00 bits per heavy atom. The average Bonchev–Trinajstić information content (AvgIpc) is 1.83. The Morgan fingerprint density at radius 2 is 2.62 bits per heavy atom. The molecule has 3 N–H and O–H groups in total. The van der Waals surface area contributed by atoms with Crippen molar-refractivity contribution in [1.82, 2.24) is 5.43 Å². The fourth-order valence-corrected chi connectivity index (χ4v) is 0.201. The van der Waals surface area contributed by atoms with E-state index in [1.807, 2.05) is 6.92 Å². The number of nitrogens with one attached hydrogen (secondary N) is 1. The predicted molar refractivity (Wildman–Crippen MR) is 35.5 cm³/mol. The summed E-state index contributed by atoms with van der Waals surface area (Å²) >= 11 is 0. The third-order valence-corrected chi connectivity index (χ3v) is 0.598. The lowest BCUT2D eigenvalue weighted by Crippen LogP contribution is -2.13. The summed E-state index contributed by atoms with van der Waals surface area (Å²) in [7, 11) is 0. The highest BCUT2D eigenvalue weighted by molar-refractivity contribution is 5.52. The molecule has 0 saturated heterocycles. The van der Waals surface area contributed by atoms with Crippen molar-refractivity contribution < 1.29 is 0 Å². The molecule has 0 bridgehead atoms. The van der Waals surface area contributed by atoms with Gasteiger partial charge in [-0.1, -0.05) is 6.58 Å². The zero-order valence-corrected chi connectivity index (χ0v) is 5.02. The quantitative estimate of drug-likeness (QED) is 0.401. The Labute approximate surface area is 49.3 Å². The van der Waals surface area contributed by atoms with Crippen LogP contribution in [0.15, 0.2) is 17.4 Å². The maximum absolute atomic E-state index is 5.18. The van der Waals surface area contributed by atoms with Crippen molar-refractivity contribution in [3.8, 4) is 0 Å². The van der Waals surface area contributed by atoms with Gasteiger partial charge in [0, 0.05) is 18.5 Å². The molecule has 0 aliphatic heterocycles. The van der Waals surface area contributed by atoms with Gasteiger partial charge in [0.1, 0.15) is 0 Å². The standard InChI is InChI=1S/C5H11N3/c1-3-7-8-5(2)4-6/h3,8H,2,4,6H2,1H3/b7-3-. The minimum absolute atomic E-state index is 0.428. The van der Waals surface area contributed by atoms with E-state index in [1.165, 1.54) is 0 Å². The summed E-state index contributed by atoms with van der Waals surface area (Å²) in [5.74, 6) is 0. The van der Waals surface area contributed by atoms with Crippen LogP contribution in [0, 0.1) is 0 Å². The molecule has 46 valence electrons. The highest BCUT2D eigenvalue weighted by Gasteiger charge is 1.79. The molecule has 3 nitrogen and oxygen atoms in total. The van der Waals surface area contributed by atoms with Crippen LogP contribution in [0.2, 0.25) is 0 Å². The van der Waals surface area contributed by atoms with E-state index in [4.69, 9.17) is 5.73 Å². The summed E-state index contributed by atoms with van der Waals surface area (Å²) in [5.41, 5.74) is 8.53. The SMILES string of the molecule is C=C(CN)N/N=C\C. The zero-order chi connectivity index (χ0) is 6.41. The number of nitrogens with two attached hydrogens (primary N) is 1. The van der Waals surface area contributed by atoms with Crippen LogP contribution >= 0.6 is 0 Å². The van der Waals surface area contributed by atoms with Crippen molar-refractivity contribution in [3.63, 3.8) is 0 Å². The normalized spacial score (nSPS) is 9.75. The monoisotopic (exact) mass is 113 g/mol. The second-order valence-electron chi connectivity index (χ2n) is 1.31. The fraction of sp³-hybridized carbons (Fsp3) is 0.400. The summed E-state index contributed by atoms with van der Waals surface area (Å²) in [6, 6.07) is 0. The van der Waals surface area contributed by atoms with E-state index in [1.54, 1.807) is 6.21 Å². The number of rotatable bonds is 3. The Morgan fingerprint density at radius 3 is 3.00 bits per heavy atom. The van der Waals surface area contributed by atoms with E-state index in [9.17, 15) is 0 Å². The van der Waals surface area contributed by atoms with E-state index in [0.717, 1.165) is 5.70 Å². The van der Waals surface area contributed by atoms with Gasteiger partial charge < -0.3 is 5.73 Å². The molecule has 0 radical (unpaired) electrons. The minimum Gasteiger partial charge on any atom is -0.325 e. The van der Waals surface area contributed by atoms with Gasteiger partial charge in [0.15, 0.2) is 0 Å². The van der Waals surface area contributed by atoms with Gasteiger partial charge in [0.05, 0.1) is 0 Å². The van der Waals surface area contributed by atoms with Gasteiger partial charge >= 0.3 is 0 Å². The van der Waals surface area contributed by atoms with E-state index in [2.05, 4.69) is 17.1 Å². The van der Waals surface area contributed by atoms with E-state index < -0.39 is 0 Å². The lowest BCUT2D eigenvalue weighted by atomic mass is 10.5. The van der Waals surface area contributed by atoms with Gasteiger partial charge in [-0.25, -0.2) is 0 Å². The molecule has 0 fully saturated rings. The maximum atomic E-state index is 5.18. The highest BCUT2D eigenvalue weighted by Crippen LogP contribution is 1.74. The third-order valence-electron chi connectivity index (χ3n) is 0.598. The number of hydrogen-bond donors (Lipinski definition) is 2. The van der Waals surface area contributed by atoms with Crippen LogP contribution < -0.4 is 11.2 Å². The van der Waals surface area contributed by atoms with Crippen LogP contribution in [0.4, 0.5) is 0 Å². The molecule has 0 rings (SSSR count). The van der Waals surface area contributed by atoms with Crippen LogP contribution in [0.1, 0.15) is 6.92 Å². The Hall–Kier alpha value is -0.830. The molecule has 0 atom stereocenters. The molecule has 3 heteroatoms. The molecule has 0 aliphatic rings. The lowest BCUT2D eigenvalue weighted by Gasteiger charge is -1.96. The number of hydrazone groups is 1. The van der Waals surface area contributed by atoms with E-state index in [-0.39, 0.29) is 0 Å². The first-order valence-electron chi connectivity index (χ1n) is 2.42. The molecule has 0 aromatic heterocycles. The molecule has 0 heterocycles. The van der Waals surface area contributed by atoms with Crippen LogP contribution in [0.5, 0.6) is 0 Å². The summed E-state index contributed by atoms with van der Waals surface area (Å²) in [4.78, 5) is 0. The summed E-state index contributed by atoms with van der Waals surface area (Å²) < 4.78 is 0. The molecule has 8 heavy (non-hydrogen) atoms. The second kappa shape index (κ2) is 4.33. The van der Waals surface area contributed by atoms with Crippen molar-refractivity contribution in [1.29, 1.82) is 0 Å². The largest absolute Gasteiger partial charge is 0.325 e. The molecule has 0 saturated carbocycles. The van der Waals surface area contributed by atoms with E-state index in [0.29, 0.717) is 6.54 Å². The first kappa shape index (κ1) is 7.17. The Balaban J connectivity index is 3.25. The maximum Gasteiger partial charge on any atom is 0.0400 e. The second-order valence-corrected chi connectivity index (χ2v) is 1.31. The van der Waals surface area contributed by atoms with Crippen molar-refractivity contribution in [2.45, 2.75) is 6.92 Å². The van der Waals surface area contributed by atoms with Crippen molar-refractivity contribution >= 4 is 6.21 Å². The van der Waals surface area contributed by atoms with Gasteiger partial charge in [0.2, 0.25) is 0 Å². The molecule has 0 amide bonds. The molecule has 0 aliphatic carbocycles. The van der Waals surface area contributed by atoms with Crippen molar-refractivity contribution in [3.05, 3.63) is 12.3 Å².